The van der Waals surface area contributed by atoms with E-state index < -0.39 is 11.9 Å². The number of benzene rings is 2. The number of ether oxygens (including phenoxy) is 5. The van der Waals surface area contributed by atoms with E-state index in [1.165, 1.54) is 28.3 Å². The zero-order chi connectivity index (χ0) is 21.0. The molecule has 0 amide bonds. The van der Waals surface area contributed by atoms with Crippen LogP contribution in [0.4, 0.5) is 0 Å². The van der Waals surface area contributed by atoms with Crippen molar-refractivity contribution >= 4 is 23.9 Å². The largest absolute Gasteiger partial charge is 0.493 e. The summed E-state index contributed by atoms with van der Waals surface area (Å²) >= 11 is 0. The number of methoxy groups -OCH3 is 3. The maximum Gasteiger partial charge on any atom is 0.363 e. The molecule has 0 spiro atoms. The highest BCUT2D eigenvalue weighted by Crippen LogP contribution is 2.39. The highest BCUT2D eigenvalue weighted by molar-refractivity contribution is 6.12. The third-order valence-electron chi connectivity index (χ3n) is 3.97. The van der Waals surface area contributed by atoms with E-state index in [-0.39, 0.29) is 11.6 Å². The minimum Gasteiger partial charge on any atom is -0.493 e. The zero-order valence-corrected chi connectivity index (χ0v) is 16.3. The van der Waals surface area contributed by atoms with Crippen LogP contribution in [-0.4, -0.2) is 39.2 Å². The number of aliphatic imine (C=N–C) groups is 1. The third kappa shape index (κ3) is 4.37. The zero-order valence-electron chi connectivity index (χ0n) is 16.3. The predicted octanol–water partition coefficient (Wildman–Crippen LogP) is 2.98. The van der Waals surface area contributed by atoms with Crippen LogP contribution in [0.1, 0.15) is 18.1 Å². The van der Waals surface area contributed by atoms with Crippen molar-refractivity contribution < 1.29 is 33.3 Å². The molecule has 2 aromatic carbocycles. The van der Waals surface area contributed by atoms with Crippen LogP contribution in [0.2, 0.25) is 0 Å². The minimum atomic E-state index is -0.585. The average Bonchev–Trinajstić information content (AvgIpc) is 3.07. The molecule has 1 aliphatic heterocycles. The monoisotopic (exact) mass is 397 g/mol. The topological polar surface area (TPSA) is 92.7 Å². The number of carbonyl (C=O) groups excluding carboxylic acids is 2. The van der Waals surface area contributed by atoms with Crippen molar-refractivity contribution in [3.8, 4) is 23.0 Å². The summed E-state index contributed by atoms with van der Waals surface area (Å²) in [6.07, 6.45) is 1.56. The molecule has 0 bridgehead atoms. The molecular weight excluding hydrogens is 378 g/mol. The molecule has 0 atom stereocenters. The Morgan fingerprint density at radius 1 is 1.00 bits per heavy atom. The quantitative estimate of drug-likeness (QED) is 0.420. The summed E-state index contributed by atoms with van der Waals surface area (Å²) in [6.45, 7) is 1.32. The number of nitrogens with zero attached hydrogens (tertiary/aromatic N) is 1. The van der Waals surface area contributed by atoms with E-state index in [2.05, 4.69) is 4.99 Å². The van der Waals surface area contributed by atoms with Crippen molar-refractivity contribution in [2.24, 2.45) is 4.99 Å². The van der Waals surface area contributed by atoms with Crippen LogP contribution >= 0.6 is 0 Å². The van der Waals surface area contributed by atoms with Gasteiger partial charge in [0.15, 0.2) is 17.2 Å². The smallest absolute Gasteiger partial charge is 0.363 e. The van der Waals surface area contributed by atoms with E-state index in [0.717, 1.165) is 0 Å². The predicted molar refractivity (Wildman–Crippen MR) is 104 cm³/mol. The second-order valence-corrected chi connectivity index (χ2v) is 5.91. The summed E-state index contributed by atoms with van der Waals surface area (Å²) in [5.74, 6) is 0.895. The first-order valence-electron chi connectivity index (χ1n) is 8.56. The molecule has 0 radical (unpaired) electrons. The fraction of sp³-hybridized carbons (Fsp3) is 0.190. The number of rotatable bonds is 6. The summed E-state index contributed by atoms with van der Waals surface area (Å²) in [6, 6.07) is 9.87. The highest BCUT2D eigenvalue weighted by Gasteiger charge is 2.24. The lowest BCUT2D eigenvalue weighted by atomic mass is 10.1. The minimum absolute atomic E-state index is 0.123. The fourth-order valence-electron chi connectivity index (χ4n) is 2.71. The molecule has 1 heterocycles. The first-order valence-corrected chi connectivity index (χ1v) is 8.56. The highest BCUT2D eigenvalue weighted by atomic mass is 16.6. The lowest BCUT2D eigenvalue weighted by Crippen LogP contribution is -2.06. The van der Waals surface area contributed by atoms with Gasteiger partial charge in [-0.05, 0) is 48.0 Å². The summed E-state index contributed by atoms with van der Waals surface area (Å²) in [5.41, 5.74) is 1.32. The number of hydrogen-bond donors (Lipinski definition) is 0. The maximum atomic E-state index is 12.2. The van der Waals surface area contributed by atoms with E-state index in [0.29, 0.717) is 34.1 Å². The van der Waals surface area contributed by atoms with Crippen molar-refractivity contribution in [1.82, 2.24) is 0 Å². The Balaban J connectivity index is 1.91. The van der Waals surface area contributed by atoms with Crippen LogP contribution < -0.4 is 18.9 Å². The molecule has 0 unspecified atom stereocenters. The van der Waals surface area contributed by atoms with Crippen molar-refractivity contribution in [2.45, 2.75) is 6.92 Å². The summed E-state index contributed by atoms with van der Waals surface area (Å²) in [4.78, 5) is 27.5. The molecule has 8 nitrogen and oxygen atoms in total. The molecule has 0 aromatic heterocycles. The van der Waals surface area contributed by atoms with Crippen LogP contribution in [0.25, 0.3) is 6.08 Å². The maximum absolute atomic E-state index is 12.2. The molecule has 29 heavy (non-hydrogen) atoms. The third-order valence-corrected chi connectivity index (χ3v) is 3.97. The second-order valence-electron chi connectivity index (χ2n) is 5.91. The SMILES string of the molecule is COc1cc(/C=C2/N=C(c3ccc(OC(C)=O)cc3)OC2=O)cc(OC)c1OC. The summed E-state index contributed by atoms with van der Waals surface area (Å²) in [5, 5.41) is 0. The Morgan fingerprint density at radius 3 is 2.14 bits per heavy atom. The molecule has 3 rings (SSSR count). The normalized spacial score (nSPS) is 14.3. The standard InChI is InChI=1S/C21H19NO7/c1-12(23)28-15-7-5-14(6-8-15)20-22-16(21(24)29-20)9-13-10-17(25-2)19(27-4)18(11-13)26-3/h5-11H,1-4H3/b16-9+. The van der Waals surface area contributed by atoms with Gasteiger partial charge >= 0.3 is 11.9 Å². The molecule has 2 aromatic rings. The molecule has 1 aliphatic rings. The van der Waals surface area contributed by atoms with Gasteiger partial charge in [0, 0.05) is 12.5 Å². The van der Waals surface area contributed by atoms with Gasteiger partial charge < -0.3 is 23.7 Å². The Morgan fingerprint density at radius 2 is 1.62 bits per heavy atom. The van der Waals surface area contributed by atoms with E-state index in [1.807, 2.05) is 0 Å². The molecule has 0 saturated heterocycles. The van der Waals surface area contributed by atoms with Gasteiger partial charge in [-0.3, -0.25) is 4.79 Å². The van der Waals surface area contributed by atoms with Crippen LogP contribution in [0.15, 0.2) is 47.1 Å². The molecule has 0 aliphatic carbocycles. The lowest BCUT2D eigenvalue weighted by molar-refractivity contribution is -0.132. The van der Waals surface area contributed by atoms with Crippen LogP contribution in [0.3, 0.4) is 0 Å². The fourth-order valence-corrected chi connectivity index (χ4v) is 2.71. The number of hydrogen-bond acceptors (Lipinski definition) is 8. The van der Waals surface area contributed by atoms with E-state index >= 15 is 0 Å². The van der Waals surface area contributed by atoms with Crippen molar-refractivity contribution in [3.05, 3.63) is 53.2 Å². The van der Waals surface area contributed by atoms with Crippen LogP contribution in [-0.2, 0) is 14.3 Å². The van der Waals surface area contributed by atoms with Crippen LogP contribution in [0.5, 0.6) is 23.0 Å². The second kappa shape index (κ2) is 8.47. The molecule has 150 valence electrons. The van der Waals surface area contributed by atoms with Gasteiger partial charge in [0.05, 0.1) is 21.3 Å². The first kappa shape index (κ1) is 19.9. The van der Waals surface area contributed by atoms with Crippen LogP contribution in [0, 0.1) is 0 Å². The number of esters is 2. The first-order chi connectivity index (χ1) is 13.9. The molecule has 0 N–H and O–H groups in total. The Hall–Kier alpha value is -3.81. The van der Waals surface area contributed by atoms with Crippen molar-refractivity contribution in [2.75, 3.05) is 21.3 Å². The lowest BCUT2D eigenvalue weighted by Gasteiger charge is -2.12. The van der Waals surface area contributed by atoms with E-state index in [4.69, 9.17) is 23.7 Å². The molecule has 8 heteroatoms. The average molecular weight is 397 g/mol. The number of carbonyl (C=O) groups is 2. The Labute approximate surface area is 167 Å². The van der Waals surface area contributed by atoms with Gasteiger partial charge in [0.2, 0.25) is 11.6 Å². The van der Waals surface area contributed by atoms with E-state index in [9.17, 15) is 9.59 Å². The summed E-state index contributed by atoms with van der Waals surface area (Å²) in [7, 11) is 4.53. The van der Waals surface area contributed by atoms with Gasteiger partial charge in [-0.25, -0.2) is 9.79 Å². The molecular formula is C21H19NO7. The Bertz CT molecular complexity index is 981. The molecule has 0 fully saturated rings. The van der Waals surface area contributed by atoms with Gasteiger partial charge in [-0.1, -0.05) is 0 Å². The Kier molecular flexibility index (Phi) is 5.82. The van der Waals surface area contributed by atoms with Crippen molar-refractivity contribution in [3.63, 3.8) is 0 Å². The van der Waals surface area contributed by atoms with Crippen molar-refractivity contribution in [1.29, 1.82) is 0 Å². The number of cyclic esters (lactones) is 1. The van der Waals surface area contributed by atoms with Gasteiger partial charge in [-0.2, -0.15) is 0 Å². The van der Waals surface area contributed by atoms with E-state index in [1.54, 1.807) is 42.5 Å². The van der Waals surface area contributed by atoms with Gasteiger partial charge in [-0.15, -0.1) is 0 Å². The van der Waals surface area contributed by atoms with Gasteiger partial charge in [0.1, 0.15) is 5.75 Å². The molecule has 0 saturated carbocycles. The van der Waals surface area contributed by atoms with Gasteiger partial charge in [0.25, 0.3) is 0 Å². The summed E-state index contributed by atoms with van der Waals surface area (Å²) < 4.78 is 26.2.